The van der Waals surface area contributed by atoms with Crippen molar-refractivity contribution in [2.45, 2.75) is 25.8 Å². The highest BCUT2D eigenvalue weighted by Crippen LogP contribution is 2.23. The maximum atomic E-state index is 13.1. The number of piperidine rings is 1. The summed E-state index contributed by atoms with van der Waals surface area (Å²) in [5, 5.41) is 0.571. The Morgan fingerprint density at radius 2 is 1.77 bits per heavy atom. The van der Waals surface area contributed by atoms with Gasteiger partial charge < -0.3 is 10.6 Å². The van der Waals surface area contributed by atoms with Crippen LogP contribution in [0.3, 0.4) is 0 Å². The van der Waals surface area contributed by atoms with Crippen LogP contribution in [-0.2, 0) is 0 Å². The summed E-state index contributed by atoms with van der Waals surface area (Å²) in [6, 6.07) is 13.8. The van der Waals surface area contributed by atoms with Crippen molar-refractivity contribution in [1.82, 2.24) is 4.90 Å². The lowest BCUT2D eigenvalue weighted by molar-refractivity contribution is 0.0657. The third kappa shape index (κ3) is 3.97. The Hall–Kier alpha value is -2.17. The van der Waals surface area contributed by atoms with Gasteiger partial charge in [0.25, 0.3) is 5.91 Å². The first kappa shape index (κ1) is 18.6. The summed E-state index contributed by atoms with van der Waals surface area (Å²) >= 11 is 5.90. The fourth-order valence-corrected chi connectivity index (χ4v) is 3.54. The van der Waals surface area contributed by atoms with Gasteiger partial charge in [0, 0.05) is 35.3 Å². The van der Waals surface area contributed by atoms with E-state index in [-0.39, 0.29) is 17.7 Å². The second-order valence-electron chi connectivity index (χ2n) is 6.89. The molecule has 0 saturated carbocycles. The summed E-state index contributed by atoms with van der Waals surface area (Å²) in [5.41, 5.74) is 7.41. The van der Waals surface area contributed by atoms with E-state index in [1.807, 2.05) is 11.8 Å². The van der Waals surface area contributed by atoms with Crippen molar-refractivity contribution in [3.63, 3.8) is 0 Å². The standard InChI is InChI=1S/C21H23ClN2O2/c1-14(23)16-5-4-12-24(13-16)21(26)19-7-3-2-6-18(19)20(25)15-8-10-17(22)11-9-15/h2-3,6-11,14,16H,4-5,12-13,23H2,1H3/t14-,16-/m1/s1. The molecule has 1 aliphatic heterocycles. The number of benzene rings is 2. The zero-order chi connectivity index (χ0) is 18.7. The molecule has 3 rings (SSSR count). The molecule has 0 bridgehead atoms. The van der Waals surface area contributed by atoms with Crippen molar-refractivity contribution in [1.29, 1.82) is 0 Å². The van der Waals surface area contributed by atoms with Crippen LogP contribution in [-0.4, -0.2) is 35.7 Å². The summed E-state index contributed by atoms with van der Waals surface area (Å²) in [4.78, 5) is 27.8. The van der Waals surface area contributed by atoms with E-state index in [0.29, 0.717) is 40.7 Å². The van der Waals surface area contributed by atoms with E-state index >= 15 is 0 Å². The summed E-state index contributed by atoms with van der Waals surface area (Å²) < 4.78 is 0. The molecule has 0 unspecified atom stereocenters. The number of nitrogens with two attached hydrogens (primary N) is 1. The minimum absolute atomic E-state index is 0.0524. The second-order valence-corrected chi connectivity index (χ2v) is 7.33. The fraction of sp³-hybridized carbons (Fsp3) is 0.333. The molecule has 0 radical (unpaired) electrons. The smallest absolute Gasteiger partial charge is 0.254 e. The van der Waals surface area contributed by atoms with Gasteiger partial charge in [0.05, 0.1) is 5.56 Å². The first-order valence-electron chi connectivity index (χ1n) is 8.91. The molecule has 0 spiro atoms. The van der Waals surface area contributed by atoms with Gasteiger partial charge in [-0.3, -0.25) is 9.59 Å². The lowest BCUT2D eigenvalue weighted by Gasteiger charge is -2.35. The van der Waals surface area contributed by atoms with Crippen LogP contribution in [0.4, 0.5) is 0 Å². The number of hydrogen-bond acceptors (Lipinski definition) is 3. The molecule has 1 fully saturated rings. The quantitative estimate of drug-likeness (QED) is 0.833. The Bertz CT molecular complexity index is 802. The zero-order valence-electron chi connectivity index (χ0n) is 14.8. The summed E-state index contributed by atoms with van der Waals surface area (Å²) in [5.74, 6) is 0.0199. The number of carbonyl (C=O) groups is 2. The van der Waals surface area contributed by atoms with Crippen LogP contribution < -0.4 is 5.73 Å². The number of carbonyl (C=O) groups excluding carboxylic acids is 2. The number of ketones is 1. The largest absolute Gasteiger partial charge is 0.338 e. The van der Waals surface area contributed by atoms with Crippen LogP contribution in [0.5, 0.6) is 0 Å². The molecule has 1 heterocycles. The van der Waals surface area contributed by atoms with Crippen molar-refractivity contribution in [3.05, 3.63) is 70.2 Å². The van der Waals surface area contributed by atoms with Crippen molar-refractivity contribution >= 4 is 23.3 Å². The van der Waals surface area contributed by atoms with E-state index in [0.717, 1.165) is 12.8 Å². The highest BCUT2D eigenvalue weighted by molar-refractivity contribution is 6.30. The Labute approximate surface area is 158 Å². The van der Waals surface area contributed by atoms with Crippen LogP contribution in [0.2, 0.25) is 5.02 Å². The van der Waals surface area contributed by atoms with Gasteiger partial charge in [0.1, 0.15) is 0 Å². The lowest BCUT2D eigenvalue weighted by Crippen LogP contribution is -2.45. The first-order valence-corrected chi connectivity index (χ1v) is 9.29. The van der Waals surface area contributed by atoms with Crippen molar-refractivity contribution in [3.8, 4) is 0 Å². The maximum Gasteiger partial charge on any atom is 0.254 e. The molecule has 1 amide bonds. The number of rotatable bonds is 4. The Morgan fingerprint density at radius 1 is 1.12 bits per heavy atom. The van der Waals surface area contributed by atoms with E-state index in [1.165, 1.54) is 0 Å². The molecule has 1 aliphatic rings. The predicted octanol–water partition coefficient (Wildman–Crippen LogP) is 3.77. The van der Waals surface area contributed by atoms with Gasteiger partial charge in [0.15, 0.2) is 5.78 Å². The molecule has 2 N–H and O–H groups in total. The minimum atomic E-state index is -0.175. The molecular formula is C21H23ClN2O2. The molecule has 2 aromatic carbocycles. The van der Waals surface area contributed by atoms with E-state index in [4.69, 9.17) is 17.3 Å². The molecule has 4 nitrogen and oxygen atoms in total. The summed E-state index contributed by atoms with van der Waals surface area (Å²) in [7, 11) is 0. The Kier molecular flexibility index (Phi) is 5.74. The molecule has 136 valence electrons. The number of nitrogens with zero attached hydrogens (tertiary/aromatic N) is 1. The van der Waals surface area contributed by atoms with Gasteiger partial charge in [-0.2, -0.15) is 0 Å². The number of hydrogen-bond donors (Lipinski definition) is 1. The Balaban J connectivity index is 1.88. The lowest BCUT2D eigenvalue weighted by atomic mass is 9.91. The Morgan fingerprint density at radius 3 is 2.42 bits per heavy atom. The third-order valence-electron chi connectivity index (χ3n) is 5.00. The molecule has 0 aromatic heterocycles. The molecule has 26 heavy (non-hydrogen) atoms. The first-order chi connectivity index (χ1) is 12.5. The van der Waals surface area contributed by atoms with Gasteiger partial charge in [-0.05, 0) is 56.0 Å². The van der Waals surface area contributed by atoms with Gasteiger partial charge >= 0.3 is 0 Å². The van der Waals surface area contributed by atoms with Crippen molar-refractivity contribution in [2.24, 2.45) is 11.7 Å². The molecule has 2 aromatic rings. The van der Waals surface area contributed by atoms with Crippen molar-refractivity contribution < 1.29 is 9.59 Å². The third-order valence-corrected chi connectivity index (χ3v) is 5.25. The average Bonchev–Trinajstić information content (AvgIpc) is 2.67. The highest BCUT2D eigenvalue weighted by atomic mass is 35.5. The molecule has 0 aliphatic carbocycles. The number of amides is 1. The van der Waals surface area contributed by atoms with Crippen molar-refractivity contribution in [2.75, 3.05) is 13.1 Å². The van der Waals surface area contributed by atoms with E-state index < -0.39 is 0 Å². The zero-order valence-corrected chi connectivity index (χ0v) is 15.6. The van der Waals surface area contributed by atoms with E-state index in [2.05, 4.69) is 0 Å². The van der Waals surface area contributed by atoms with Crippen LogP contribution in [0.1, 0.15) is 46.0 Å². The van der Waals surface area contributed by atoms with Crippen LogP contribution >= 0.6 is 11.6 Å². The number of likely N-dealkylation sites (tertiary alicyclic amines) is 1. The van der Waals surface area contributed by atoms with Crippen LogP contribution in [0, 0.1) is 5.92 Å². The minimum Gasteiger partial charge on any atom is -0.338 e. The van der Waals surface area contributed by atoms with Crippen LogP contribution in [0.25, 0.3) is 0 Å². The van der Waals surface area contributed by atoms with Crippen LogP contribution in [0.15, 0.2) is 48.5 Å². The van der Waals surface area contributed by atoms with Gasteiger partial charge in [-0.1, -0.05) is 29.8 Å². The topological polar surface area (TPSA) is 63.4 Å². The normalized spacial score (nSPS) is 18.4. The second kappa shape index (κ2) is 8.02. The molecule has 5 heteroatoms. The highest BCUT2D eigenvalue weighted by Gasteiger charge is 2.28. The molecule has 1 saturated heterocycles. The van der Waals surface area contributed by atoms with Gasteiger partial charge in [-0.25, -0.2) is 0 Å². The molecule has 2 atom stereocenters. The number of halogens is 1. The predicted molar refractivity (Wildman–Crippen MR) is 104 cm³/mol. The van der Waals surface area contributed by atoms with Gasteiger partial charge in [0.2, 0.25) is 0 Å². The SMILES string of the molecule is C[C@@H](N)[C@@H]1CCCN(C(=O)c2ccccc2C(=O)c2ccc(Cl)cc2)C1. The average molecular weight is 371 g/mol. The fourth-order valence-electron chi connectivity index (χ4n) is 3.42. The van der Waals surface area contributed by atoms with E-state index in [9.17, 15) is 9.59 Å². The summed E-state index contributed by atoms with van der Waals surface area (Å²) in [6.07, 6.45) is 1.97. The summed E-state index contributed by atoms with van der Waals surface area (Å²) in [6.45, 7) is 3.32. The maximum absolute atomic E-state index is 13.1. The molecular weight excluding hydrogens is 348 g/mol. The van der Waals surface area contributed by atoms with Gasteiger partial charge in [-0.15, -0.1) is 0 Å². The monoisotopic (exact) mass is 370 g/mol. The van der Waals surface area contributed by atoms with E-state index in [1.54, 1.807) is 48.5 Å².